The second-order valence-corrected chi connectivity index (χ2v) is 7.36. The van der Waals surface area contributed by atoms with Crippen LogP contribution >= 0.6 is 34.7 Å². The molecule has 2 aliphatic heterocycles. The monoisotopic (exact) mass is 320 g/mol. The van der Waals surface area contributed by atoms with Crippen LogP contribution in [0.5, 0.6) is 0 Å². The van der Waals surface area contributed by atoms with E-state index in [-0.39, 0.29) is 0 Å². The number of allylic oxidation sites excluding steroid dienone is 1. The molecule has 3 heterocycles. The summed E-state index contributed by atoms with van der Waals surface area (Å²) in [5.41, 5.74) is 1.35. The average Bonchev–Trinajstić information content (AvgIpc) is 3.10. The highest BCUT2D eigenvalue weighted by Gasteiger charge is 2.32. The minimum Gasteiger partial charge on any atom is -0.317 e. The lowest BCUT2D eigenvalue weighted by atomic mass is 10.2. The third-order valence-corrected chi connectivity index (χ3v) is 6.31. The molecule has 0 atom stereocenters. The largest absolute Gasteiger partial charge is 0.317 e. The van der Waals surface area contributed by atoms with Crippen LogP contribution in [0, 0.1) is 0 Å². The van der Waals surface area contributed by atoms with E-state index in [0.717, 1.165) is 29.9 Å². The minimum atomic E-state index is 0.838. The quantitative estimate of drug-likeness (QED) is 0.769. The van der Waals surface area contributed by atoms with Gasteiger partial charge in [0.25, 0.3) is 0 Å². The highest BCUT2D eigenvalue weighted by atomic mass is 35.5. The Morgan fingerprint density at radius 3 is 3.10 bits per heavy atom. The molecule has 0 spiro atoms. The number of fused-ring (bicyclic) bond motifs is 2. The van der Waals surface area contributed by atoms with Crippen LogP contribution < -0.4 is 0 Å². The first-order valence-corrected chi connectivity index (χ1v) is 8.70. The van der Waals surface area contributed by atoms with Crippen molar-refractivity contribution in [1.29, 1.82) is 0 Å². The maximum Gasteiger partial charge on any atom is 0.168 e. The van der Waals surface area contributed by atoms with Crippen LogP contribution in [-0.2, 0) is 0 Å². The van der Waals surface area contributed by atoms with E-state index in [1.807, 2.05) is 35.2 Å². The first kappa shape index (κ1) is 12.7. The van der Waals surface area contributed by atoms with Gasteiger partial charge in [0.05, 0.1) is 17.1 Å². The van der Waals surface area contributed by atoms with E-state index in [0.29, 0.717) is 0 Å². The molecule has 2 aromatic rings. The van der Waals surface area contributed by atoms with Gasteiger partial charge in [0.2, 0.25) is 0 Å². The molecule has 102 valence electrons. The number of hydrogen-bond donors (Lipinski definition) is 0. The zero-order chi connectivity index (χ0) is 13.7. The lowest BCUT2D eigenvalue weighted by Gasteiger charge is -2.15. The van der Waals surface area contributed by atoms with Crippen molar-refractivity contribution in [3.8, 4) is 0 Å². The van der Waals surface area contributed by atoms with E-state index in [1.165, 1.54) is 25.3 Å². The second-order valence-electron chi connectivity index (χ2n) is 4.81. The Hall–Kier alpha value is -0.970. The fraction of sp³-hybridized carbons (Fsp3) is 0.267. The summed E-state index contributed by atoms with van der Waals surface area (Å²) >= 11 is 9.96. The SMILES string of the molecule is CCC1=C(c2cc3c(Cl)cccc3s2)N2CCN=C2S1. The number of aliphatic imine (C=N–C) groups is 1. The van der Waals surface area contributed by atoms with Crippen LogP contribution in [0.1, 0.15) is 18.2 Å². The summed E-state index contributed by atoms with van der Waals surface area (Å²) < 4.78 is 1.25. The van der Waals surface area contributed by atoms with Gasteiger partial charge in [0.15, 0.2) is 5.17 Å². The van der Waals surface area contributed by atoms with Crippen LogP contribution in [0.4, 0.5) is 0 Å². The van der Waals surface area contributed by atoms with Gasteiger partial charge < -0.3 is 4.90 Å². The molecule has 0 aliphatic carbocycles. The van der Waals surface area contributed by atoms with Gasteiger partial charge in [-0.25, -0.2) is 0 Å². The van der Waals surface area contributed by atoms with Crippen LogP contribution in [-0.4, -0.2) is 23.2 Å². The predicted octanol–water partition coefficient (Wildman–Crippen LogP) is 5.05. The molecule has 2 aliphatic rings. The lowest BCUT2D eigenvalue weighted by molar-refractivity contribution is 0.648. The van der Waals surface area contributed by atoms with E-state index in [1.54, 1.807) is 0 Å². The van der Waals surface area contributed by atoms with Crippen LogP contribution in [0.2, 0.25) is 5.02 Å². The number of benzene rings is 1. The lowest BCUT2D eigenvalue weighted by Crippen LogP contribution is -2.19. The number of rotatable bonds is 2. The van der Waals surface area contributed by atoms with Crippen LogP contribution in [0.25, 0.3) is 15.8 Å². The summed E-state index contributed by atoms with van der Waals surface area (Å²) in [5.74, 6) is 0. The van der Waals surface area contributed by atoms with Crippen molar-refractivity contribution >= 4 is 55.7 Å². The van der Waals surface area contributed by atoms with Crippen LogP contribution in [0.3, 0.4) is 0 Å². The fourth-order valence-corrected chi connectivity index (χ4v) is 5.33. The normalized spacial score (nSPS) is 18.1. The topological polar surface area (TPSA) is 15.6 Å². The smallest absolute Gasteiger partial charge is 0.168 e. The van der Waals surface area contributed by atoms with Crippen molar-refractivity contribution in [2.75, 3.05) is 13.1 Å². The summed E-state index contributed by atoms with van der Waals surface area (Å²) in [6.07, 6.45) is 1.05. The molecule has 0 N–H and O–H groups in total. The maximum atomic E-state index is 6.31. The fourth-order valence-electron chi connectivity index (χ4n) is 2.68. The Balaban J connectivity index is 1.89. The number of hydrogen-bond acceptors (Lipinski definition) is 4. The van der Waals surface area contributed by atoms with Crippen molar-refractivity contribution in [1.82, 2.24) is 4.90 Å². The van der Waals surface area contributed by atoms with Gasteiger partial charge in [-0.15, -0.1) is 11.3 Å². The van der Waals surface area contributed by atoms with Gasteiger partial charge in [0.1, 0.15) is 0 Å². The molecule has 0 bridgehead atoms. The molecule has 0 unspecified atom stereocenters. The Morgan fingerprint density at radius 1 is 1.40 bits per heavy atom. The van der Waals surface area contributed by atoms with Crippen molar-refractivity contribution in [2.24, 2.45) is 4.99 Å². The van der Waals surface area contributed by atoms with E-state index in [2.05, 4.69) is 28.9 Å². The van der Waals surface area contributed by atoms with Crippen LogP contribution in [0.15, 0.2) is 34.2 Å². The van der Waals surface area contributed by atoms with Crippen molar-refractivity contribution in [3.05, 3.63) is 39.1 Å². The zero-order valence-electron chi connectivity index (χ0n) is 11.0. The standard InChI is InChI=1S/C15H13ClN2S2/c1-2-11-14(18-7-6-17-15(18)20-11)13-8-9-10(16)4-3-5-12(9)19-13/h3-5,8H,2,6-7H2,1H3. The Labute approximate surface area is 131 Å². The Kier molecular flexibility index (Phi) is 3.05. The molecule has 1 aromatic carbocycles. The molecule has 20 heavy (non-hydrogen) atoms. The summed E-state index contributed by atoms with van der Waals surface area (Å²) in [5, 5.41) is 3.16. The highest BCUT2D eigenvalue weighted by molar-refractivity contribution is 8.17. The van der Waals surface area contributed by atoms with Gasteiger partial charge in [-0.05, 0) is 24.6 Å². The number of thioether (sulfide) groups is 1. The predicted molar refractivity (Wildman–Crippen MR) is 90.6 cm³/mol. The molecule has 0 radical (unpaired) electrons. The van der Waals surface area contributed by atoms with E-state index < -0.39 is 0 Å². The van der Waals surface area contributed by atoms with Crippen molar-refractivity contribution in [2.45, 2.75) is 13.3 Å². The molecule has 0 amide bonds. The van der Waals surface area contributed by atoms with Gasteiger partial charge >= 0.3 is 0 Å². The first-order valence-electron chi connectivity index (χ1n) is 6.69. The van der Waals surface area contributed by atoms with Crippen molar-refractivity contribution in [3.63, 3.8) is 0 Å². The third kappa shape index (κ3) is 1.82. The summed E-state index contributed by atoms with van der Waals surface area (Å²) in [6.45, 7) is 4.13. The molecular formula is C15H13ClN2S2. The molecule has 1 aromatic heterocycles. The highest BCUT2D eigenvalue weighted by Crippen LogP contribution is 2.46. The summed E-state index contributed by atoms with van der Waals surface area (Å²) in [4.78, 5) is 9.68. The second kappa shape index (κ2) is 4.79. The third-order valence-electron chi connectivity index (χ3n) is 3.61. The Bertz CT molecular complexity index is 760. The molecule has 4 rings (SSSR count). The molecule has 2 nitrogen and oxygen atoms in total. The van der Waals surface area contributed by atoms with E-state index in [4.69, 9.17) is 11.6 Å². The van der Waals surface area contributed by atoms with E-state index in [9.17, 15) is 0 Å². The van der Waals surface area contributed by atoms with Crippen molar-refractivity contribution < 1.29 is 0 Å². The maximum absolute atomic E-state index is 6.31. The summed E-state index contributed by atoms with van der Waals surface area (Å²) in [6, 6.07) is 8.35. The first-order chi connectivity index (χ1) is 9.78. The minimum absolute atomic E-state index is 0.838. The Morgan fingerprint density at radius 2 is 2.30 bits per heavy atom. The van der Waals surface area contributed by atoms with Gasteiger partial charge in [-0.3, -0.25) is 4.99 Å². The number of thiophene rings is 1. The molecule has 0 saturated heterocycles. The zero-order valence-corrected chi connectivity index (χ0v) is 13.4. The van der Waals surface area contributed by atoms with Gasteiger partial charge in [0, 0.05) is 26.6 Å². The number of amidine groups is 1. The average molecular weight is 321 g/mol. The summed E-state index contributed by atoms with van der Waals surface area (Å²) in [7, 11) is 0. The molecule has 0 saturated carbocycles. The molecule has 0 fully saturated rings. The van der Waals surface area contributed by atoms with Gasteiger partial charge in [-0.1, -0.05) is 36.4 Å². The van der Waals surface area contributed by atoms with Gasteiger partial charge in [-0.2, -0.15) is 0 Å². The molecule has 5 heteroatoms. The molecular weight excluding hydrogens is 308 g/mol. The van der Waals surface area contributed by atoms with E-state index >= 15 is 0 Å². The number of nitrogens with zero attached hydrogens (tertiary/aromatic N) is 2. The number of halogens is 1.